The number of nitrogens with zero attached hydrogens (tertiary/aromatic N) is 3. The Kier molecular flexibility index (Phi) is 8.67. The lowest BCUT2D eigenvalue weighted by Gasteiger charge is -2.28. The average Bonchev–Trinajstić information content (AvgIpc) is 3.30. The third kappa shape index (κ3) is 6.98. The second kappa shape index (κ2) is 11.6. The van der Waals surface area contributed by atoms with Crippen LogP contribution in [-0.4, -0.2) is 78.6 Å². The minimum Gasteiger partial charge on any atom is -0.492 e. The first-order chi connectivity index (χ1) is 18.3. The maximum atomic E-state index is 13.6. The van der Waals surface area contributed by atoms with Gasteiger partial charge in [-0.1, -0.05) is 13.8 Å². The Labute approximate surface area is 229 Å². The fraction of sp³-hybridized carbons (Fsp3) is 0.519. The van der Waals surface area contributed by atoms with Crippen molar-refractivity contribution in [1.82, 2.24) is 20.1 Å². The van der Waals surface area contributed by atoms with E-state index in [1.165, 1.54) is 11.1 Å². The van der Waals surface area contributed by atoms with E-state index in [2.05, 4.69) is 15.2 Å². The van der Waals surface area contributed by atoms with Crippen LogP contribution in [0.2, 0.25) is 0 Å². The number of hydrogen-bond acceptors (Lipinski definition) is 7. The van der Waals surface area contributed by atoms with Crippen LogP contribution in [0.25, 0.3) is 5.57 Å². The molecule has 1 N–H and O–H groups in total. The van der Waals surface area contributed by atoms with Gasteiger partial charge in [0.25, 0.3) is 11.8 Å². The maximum Gasteiger partial charge on any atom is 0.443 e. The normalized spacial score (nSPS) is 17.8. The summed E-state index contributed by atoms with van der Waals surface area (Å²) in [5, 5.41) is 1.70. The van der Waals surface area contributed by atoms with Gasteiger partial charge in [0.2, 0.25) is 0 Å². The smallest absolute Gasteiger partial charge is 0.443 e. The number of rotatable bonds is 7. The van der Waals surface area contributed by atoms with Gasteiger partial charge in [-0.05, 0) is 38.1 Å². The van der Waals surface area contributed by atoms with E-state index >= 15 is 0 Å². The summed E-state index contributed by atoms with van der Waals surface area (Å²) in [5.41, 5.74) is -0.659. The molecule has 1 fully saturated rings. The number of carbonyl (C=O) groups is 2. The Morgan fingerprint density at radius 1 is 1.18 bits per heavy atom. The number of nitrogens with one attached hydrogen (secondary N) is 1. The highest BCUT2D eigenvalue weighted by atomic mass is 32.1. The van der Waals surface area contributed by atoms with Crippen molar-refractivity contribution in [3.63, 3.8) is 0 Å². The molecule has 8 nitrogen and oxygen atoms in total. The summed E-state index contributed by atoms with van der Waals surface area (Å²) in [6.45, 7) is 11.5. The third-order valence-electron chi connectivity index (χ3n) is 6.40. The molecular formula is C27H33F3N4O4S. The van der Waals surface area contributed by atoms with E-state index in [-0.39, 0.29) is 29.8 Å². The fourth-order valence-electron chi connectivity index (χ4n) is 4.46. The molecule has 12 heteroatoms. The topological polar surface area (TPSA) is 84.0 Å². The predicted octanol–water partition coefficient (Wildman–Crippen LogP) is 4.17. The molecule has 1 aromatic heterocycles. The number of ether oxygens (including phenoxy) is 2. The molecule has 2 aromatic rings. The zero-order chi connectivity index (χ0) is 28.4. The van der Waals surface area contributed by atoms with Crippen molar-refractivity contribution in [2.45, 2.75) is 45.3 Å². The summed E-state index contributed by atoms with van der Waals surface area (Å²) in [7, 11) is 0. The summed E-state index contributed by atoms with van der Waals surface area (Å²) >= 11 is 0.510. The molecule has 0 unspecified atom stereocenters. The summed E-state index contributed by atoms with van der Waals surface area (Å²) in [6, 6.07) is 6.43. The van der Waals surface area contributed by atoms with E-state index in [0.29, 0.717) is 47.3 Å². The minimum absolute atomic E-state index is 0.0465. The standard InChI is InChI=1S/C27H33F3N4O4S/c1-17(2)31-23(35)20-15-34(16-26(3,4)22-21(20)32-25(39-22)27(28,29)30)24(36)18-5-7-19(8-6-18)38-14-11-33-9-12-37-13-10-33/h5-8,15,17H,9-14,16H2,1-4H3,(H,31,35). The van der Waals surface area contributed by atoms with Crippen LogP contribution >= 0.6 is 11.3 Å². The second-order valence-corrected chi connectivity index (χ2v) is 11.5. The summed E-state index contributed by atoms with van der Waals surface area (Å²) < 4.78 is 51.8. The predicted molar refractivity (Wildman–Crippen MR) is 142 cm³/mol. The highest BCUT2D eigenvalue weighted by molar-refractivity contribution is 7.12. The molecule has 4 rings (SSSR count). The minimum atomic E-state index is -4.64. The molecule has 0 atom stereocenters. The van der Waals surface area contributed by atoms with Gasteiger partial charge in [0.15, 0.2) is 5.01 Å². The number of carbonyl (C=O) groups excluding carboxylic acids is 2. The number of thiazole rings is 1. The second-order valence-electron chi connectivity index (χ2n) is 10.5. The monoisotopic (exact) mass is 566 g/mol. The first-order valence-corrected chi connectivity index (χ1v) is 13.6. The highest BCUT2D eigenvalue weighted by Gasteiger charge is 2.42. The zero-order valence-corrected chi connectivity index (χ0v) is 23.2. The van der Waals surface area contributed by atoms with Crippen LogP contribution in [-0.2, 0) is 21.1 Å². The van der Waals surface area contributed by atoms with Crippen LogP contribution in [0.1, 0.15) is 53.6 Å². The molecule has 39 heavy (non-hydrogen) atoms. The van der Waals surface area contributed by atoms with Crippen molar-refractivity contribution >= 4 is 28.7 Å². The van der Waals surface area contributed by atoms with Crippen molar-refractivity contribution in [2.24, 2.45) is 0 Å². The molecule has 3 heterocycles. The quantitative estimate of drug-likeness (QED) is 0.542. The molecule has 0 aliphatic carbocycles. The number of hydrogen-bond donors (Lipinski definition) is 1. The van der Waals surface area contributed by atoms with E-state index in [4.69, 9.17) is 9.47 Å². The van der Waals surface area contributed by atoms with Gasteiger partial charge in [0.1, 0.15) is 12.4 Å². The lowest BCUT2D eigenvalue weighted by Crippen LogP contribution is -2.38. The number of amides is 2. The van der Waals surface area contributed by atoms with Crippen molar-refractivity contribution in [1.29, 1.82) is 0 Å². The molecule has 0 bridgehead atoms. The number of aromatic nitrogens is 1. The maximum absolute atomic E-state index is 13.6. The Bertz CT molecular complexity index is 1220. The molecule has 0 spiro atoms. The van der Waals surface area contributed by atoms with E-state index in [0.717, 1.165) is 19.6 Å². The molecule has 0 radical (unpaired) electrons. The van der Waals surface area contributed by atoms with Crippen LogP contribution in [0.3, 0.4) is 0 Å². The van der Waals surface area contributed by atoms with Gasteiger partial charge in [-0.3, -0.25) is 14.5 Å². The Balaban J connectivity index is 1.57. The number of alkyl halides is 3. The molecule has 2 aliphatic rings. The van der Waals surface area contributed by atoms with Gasteiger partial charge < -0.3 is 19.7 Å². The first kappa shape index (κ1) is 29.0. The van der Waals surface area contributed by atoms with Crippen molar-refractivity contribution in [3.8, 4) is 5.75 Å². The van der Waals surface area contributed by atoms with Crippen molar-refractivity contribution in [2.75, 3.05) is 46.0 Å². The van der Waals surface area contributed by atoms with E-state index in [1.807, 2.05) is 0 Å². The molecule has 2 amide bonds. The molecule has 0 saturated carbocycles. The summed E-state index contributed by atoms with van der Waals surface area (Å²) in [5.74, 6) is -0.358. The number of fused-ring (bicyclic) bond motifs is 1. The third-order valence-corrected chi connectivity index (χ3v) is 7.86. The fourth-order valence-corrected chi connectivity index (χ4v) is 5.50. The summed E-state index contributed by atoms with van der Waals surface area (Å²) in [6.07, 6.45) is -3.33. The van der Waals surface area contributed by atoms with Crippen LogP contribution in [0.4, 0.5) is 13.2 Å². The van der Waals surface area contributed by atoms with E-state index in [1.54, 1.807) is 52.0 Å². The largest absolute Gasteiger partial charge is 0.492 e. The lowest BCUT2D eigenvalue weighted by molar-refractivity contribution is -0.137. The highest BCUT2D eigenvalue weighted by Crippen LogP contribution is 2.43. The molecule has 1 saturated heterocycles. The number of halogens is 3. The van der Waals surface area contributed by atoms with Gasteiger partial charge >= 0.3 is 6.18 Å². The van der Waals surface area contributed by atoms with Gasteiger partial charge in [-0.2, -0.15) is 13.2 Å². The zero-order valence-electron chi connectivity index (χ0n) is 22.4. The molecule has 2 aliphatic heterocycles. The SMILES string of the molecule is CC(C)NC(=O)C1=CN(C(=O)c2ccc(OCCN3CCOCC3)cc2)CC(C)(C)c2sc(C(F)(F)F)nc21. The lowest BCUT2D eigenvalue weighted by atomic mass is 9.89. The van der Waals surface area contributed by atoms with Gasteiger partial charge in [0.05, 0.1) is 24.5 Å². The van der Waals surface area contributed by atoms with E-state index in [9.17, 15) is 22.8 Å². The van der Waals surface area contributed by atoms with Gasteiger partial charge in [-0.15, -0.1) is 11.3 Å². The number of benzene rings is 1. The Morgan fingerprint density at radius 3 is 2.46 bits per heavy atom. The van der Waals surface area contributed by atoms with Gasteiger partial charge in [0, 0.05) is 54.3 Å². The Hall–Kier alpha value is -2.96. The van der Waals surface area contributed by atoms with Crippen LogP contribution in [0.5, 0.6) is 5.75 Å². The molecule has 212 valence electrons. The van der Waals surface area contributed by atoms with Crippen molar-refractivity contribution < 1.29 is 32.2 Å². The average molecular weight is 567 g/mol. The van der Waals surface area contributed by atoms with Gasteiger partial charge in [-0.25, -0.2) is 4.98 Å². The first-order valence-electron chi connectivity index (χ1n) is 12.8. The van der Waals surface area contributed by atoms with E-state index < -0.39 is 22.5 Å². The van der Waals surface area contributed by atoms with Crippen molar-refractivity contribution in [3.05, 3.63) is 51.6 Å². The molecule has 1 aromatic carbocycles. The summed E-state index contributed by atoms with van der Waals surface area (Å²) in [4.78, 5) is 34.4. The number of morpholine rings is 1. The Morgan fingerprint density at radius 2 is 1.85 bits per heavy atom. The van der Waals surface area contributed by atoms with Crippen LogP contribution in [0, 0.1) is 0 Å². The van der Waals surface area contributed by atoms with Crippen LogP contribution < -0.4 is 10.1 Å². The van der Waals surface area contributed by atoms with Crippen LogP contribution in [0.15, 0.2) is 30.5 Å². The molecular weight excluding hydrogens is 533 g/mol.